The van der Waals surface area contributed by atoms with E-state index in [0.29, 0.717) is 0 Å². The van der Waals surface area contributed by atoms with Gasteiger partial charge in [0, 0.05) is 49.7 Å². The van der Waals surface area contributed by atoms with Crippen LogP contribution in [-0.2, 0) is 0 Å². The number of likely N-dealkylation sites (N-methyl/N-ethyl adjacent to an activating group) is 1. The van der Waals surface area contributed by atoms with E-state index in [1.807, 2.05) is 42.3 Å². The number of nitrogens with zero attached hydrogens (tertiary/aromatic N) is 6. The molecule has 4 aromatic rings. The molecule has 1 aliphatic rings. The molecule has 5 rings (SSSR count). The summed E-state index contributed by atoms with van der Waals surface area (Å²) in [4.78, 5) is 9.28. The molecule has 2 aromatic heterocycles. The van der Waals surface area contributed by atoms with Crippen LogP contribution >= 0.6 is 0 Å². The quantitative estimate of drug-likeness (QED) is 0.403. The van der Waals surface area contributed by atoms with Crippen molar-refractivity contribution in [3.63, 3.8) is 0 Å². The van der Waals surface area contributed by atoms with Crippen molar-refractivity contribution < 1.29 is 0 Å². The molecule has 0 saturated carbocycles. The maximum absolute atomic E-state index is 9.31. The summed E-state index contributed by atoms with van der Waals surface area (Å²) in [5.74, 6) is -0.135. The molecule has 6 nitrogen and oxygen atoms in total. The first-order valence-electron chi connectivity index (χ1n) is 12.1. The lowest BCUT2D eigenvalue weighted by Gasteiger charge is -2.33. The van der Waals surface area contributed by atoms with Crippen molar-refractivity contribution in [2.45, 2.75) is 19.8 Å². The summed E-state index contributed by atoms with van der Waals surface area (Å²) in [6.45, 7) is 8.19. The highest BCUT2D eigenvalue weighted by atomic mass is 15.3. The molecule has 35 heavy (non-hydrogen) atoms. The van der Waals surface area contributed by atoms with Gasteiger partial charge in [-0.3, -0.25) is 4.98 Å². The second-order valence-corrected chi connectivity index (χ2v) is 9.37. The summed E-state index contributed by atoms with van der Waals surface area (Å²) in [5, 5.41) is 14.0. The third-order valence-corrected chi connectivity index (χ3v) is 6.88. The zero-order valence-corrected chi connectivity index (χ0v) is 20.5. The van der Waals surface area contributed by atoms with E-state index in [1.165, 1.54) is 0 Å². The van der Waals surface area contributed by atoms with Crippen molar-refractivity contribution in [1.82, 2.24) is 19.7 Å². The van der Waals surface area contributed by atoms with Gasteiger partial charge in [0.2, 0.25) is 0 Å². The first-order chi connectivity index (χ1) is 17.0. The largest absolute Gasteiger partial charge is 0.368 e. The molecule has 6 heteroatoms. The zero-order valence-electron chi connectivity index (χ0n) is 20.5. The minimum Gasteiger partial charge on any atom is -0.368 e. The Kier molecular flexibility index (Phi) is 6.35. The van der Waals surface area contributed by atoms with E-state index in [1.54, 1.807) is 0 Å². The Hall–Kier alpha value is -3.95. The van der Waals surface area contributed by atoms with Crippen molar-refractivity contribution >= 4 is 5.69 Å². The smallest absolute Gasteiger partial charge is 0.0700 e. The third kappa shape index (κ3) is 4.82. The van der Waals surface area contributed by atoms with Gasteiger partial charge in [-0.1, -0.05) is 30.3 Å². The van der Waals surface area contributed by atoms with Crippen LogP contribution in [0.4, 0.5) is 5.69 Å². The third-order valence-electron chi connectivity index (χ3n) is 6.88. The Morgan fingerprint density at radius 2 is 1.69 bits per heavy atom. The molecule has 1 fully saturated rings. The van der Waals surface area contributed by atoms with Crippen LogP contribution in [-0.4, -0.2) is 52.9 Å². The maximum Gasteiger partial charge on any atom is 0.0700 e. The van der Waals surface area contributed by atoms with E-state index in [4.69, 9.17) is 5.10 Å². The molecule has 176 valence electrons. The summed E-state index contributed by atoms with van der Waals surface area (Å²) in [7, 11) is 2.17. The van der Waals surface area contributed by atoms with Gasteiger partial charge in [0.15, 0.2) is 0 Å². The van der Waals surface area contributed by atoms with Crippen LogP contribution < -0.4 is 4.90 Å². The number of rotatable bonds is 5. The number of piperazine rings is 1. The summed E-state index contributed by atoms with van der Waals surface area (Å²) < 4.78 is 1.94. The fraction of sp³-hybridized carbons (Fsp3) is 0.276. The number of nitriles is 1. The van der Waals surface area contributed by atoms with E-state index in [0.717, 1.165) is 70.9 Å². The van der Waals surface area contributed by atoms with E-state index < -0.39 is 0 Å². The molecule has 3 heterocycles. The number of hydrogen-bond donors (Lipinski definition) is 0. The van der Waals surface area contributed by atoms with Crippen LogP contribution in [0.25, 0.3) is 27.9 Å². The van der Waals surface area contributed by atoms with Gasteiger partial charge in [0.05, 0.1) is 35.8 Å². The van der Waals surface area contributed by atoms with Crippen molar-refractivity contribution in [3.05, 3.63) is 84.4 Å². The molecule has 1 unspecified atom stereocenters. The van der Waals surface area contributed by atoms with E-state index in [2.05, 4.69) is 77.4 Å². The zero-order chi connectivity index (χ0) is 24.4. The Morgan fingerprint density at radius 1 is 0.886 bits per heavy atom. The Bertz CT molecular complexity index is 1370. The topological polar surface area (TPSA) is 61.0 Å². The number of pyridine rings is 1. The van der Waals surface area contributed by atoms with Crippen molar-refractivity contribution in [2.24, 2.45) is 0 Å². The number of anilines is 1. The molecule has 0 N–H and O–H groups in total. The number of aryl methyl sites for hydroxylation is 1. The van der Waals surface area contributed by atoms with Crippen molar-refractivity contribution in [1.29, 1.82) is 5.26 Å². The van der Waals surface area contributed by atoms with E-state index in [9.17, 15) is 5.26 Å². The van der Waals surface area contributed by atoms with Gasteiger partial charge in [0.1, 0.15) is 0 Å². The minimum absolute atomic E-state index is 0.135. The lowest BCUT2D eigenvalue weighted by molar-refractivity contribution is 0.313. The Balaban J connectivity index is 1.44. The lowest BCUT2D eigenvalue weighted by Crippen LogP contribution is -2.44. The SMILES string of the molecule is Cc1ccc(-c2cccc(C(C)C#N)c2)cc1-n1cc(-c2cncc(N3CCN(C)CC3)c2)cn1. The van der Waals surface area contributed by atoms with Crippen LogP contribution in [0, 0.1) is 18.3 Å². The lowest BCUT2D eigenvalue weighted by atomic mass is 9.96. The predicted molar refractivity (Wildman–Crippen MR) is 141 cm³/mol. The van der Waals surface area contributed by atoms with Gasteiger partial charge in [-0.05, 0) is 61.3 Å². The van der Waals surface area contributed by atoms with Crippen LogP contribution in [0.2, 0.25) is 0 Å². The fourth-order valence-electron chi connectivity index (χ4n) is 4.52. The van der Waals surface area contributed by atoms with E-state index in [-0.39, 0.29) is 5.92 Å². The predicted octanol–water partition coefficient (Wildman–Crippen LogP) is 5.29. The van der Waals surface area contributed by atoms with Crippen LogP contribution in [0.1, 0.15) is 24.0 Å². The molecule has 0 spiro atoms. The Morgan fingerprint density at radius 3 is 2.49 bits per heavy atom. The van der Waals surface area contributed by atoms with Gasteiger partial charge in [-0.2, -0.15) is 10.4 Å². The van der Waals surface area contributed by atoms with Gasteiger partial charge in [-0.25, -0.2) is 4.68 Å². The molecular weight excluding hydrogens is 432 g/mol. The molecule has 0 aliphatic carbocycles. The van der Waals surface area contributed by atoms with Gasteiger partial charge >= 0.3 is 0 Å². The van der Waals surface area contributed by atoms with Crippen molar-refractivity contribution in [2.75, 3.05) is 38.1 Å². The molecular formula is C29H30N6. The number of hydrogen-bond acceptors (Lipinski definition) is 5. The molecule has 0 amide bonds. The van der Waals surface area contributed by atoms with Crippen LogP contribution in [0.15, 0.2) is 73.3 Å². The first-order valence-corrected chi connectivity index (χ1v) is 12.1. The summed E-state index contributed by atoms with van der Waals surface area (Å²) in [6.07, 6.45) is 7.84. The second kappa shape index (κ2) is 9.73. The molecule has 0 radical (unpaired) electrons. The number of benzene rings is 2. The monoisotopic (exact) mass is 462 g/mol. The maximum atomic E-state index is 9.31. The van der Waals surface area contributed by atoms with Gasteiger partial charge in [-0.15, -0.1) is 0 Å². The van der Waals surface area contributed by atoms with Crippen molar-refractivity contribution in [3.8, 4) is 34.0 Å². The average molecular weight is 463 g/mol. The highest BCUT2D eigenvalue weighted by Crippen LogP contribution is 2.29. The number of aromatic nitrogens is 3. The molecule has 1 aliphatic heterocycles. The summed E-state index contributed by atoms with van der Waals surface area (Å²) in [5.41, 5.74) is 8.69. The standard InChI is InChI=1S/C29H30N6/c1-21-7-8-25(24-6-4-5-23(13-24)22(2)16-30)15-29(21)35-20-27(18-32-35)26-14-28(19-31-17-26)34-11-9-33(3)10-12-34/h4-8,13-15,17-20,22H,9-12H2,1-3H3. The fourth-order valence-corrected chi connectivity index (χ4v) is 4.52. The normalized spacial score (nSPS) is 15.1. The highest BCUT2D eigenvalue weighted by molar-refractivity contribution is 5.70. The average Bonchev–Trinajstić information content (AvgIpc) is 3.39. The van der Waals surface area contributed by atoms with Crippen LogP contribution in [0.5, 0.6) is 0 Å². The van der Waals surface area contributed by atoms with Gasteiger partial charge in [0.25, 0.3) is 0 Å². The molecule has 1 saturated heterocycles. The molecule has 1 atom stereocenters. The summed E-state index contributed by atoms with van der Waals surface area (Å²) in [6, 6.07) is 19.2. The Labute approximate surface area is 207 Å². The molecule has 2 aromatic carbocycles. The van der Waals surface area contributed by atoms with E-state index >= 15 is 0 Å². The van der Waals surface area contributed by atoms with Gasteiger partial charge < -0.3 is 9.80 Å². The minimum atomic E-state index is -0.135. The molecule has 0 bridgehead atoms. The van der Waals surface area contributed by atoms with Crippen LogP contribution in [0.3, 0.4) is 0 Å². The summed E-state index contributed by atoms with van der Waals surface area (Å²) >= 11 is 0. The second-order valence-electron chi connectivity index (χ2n) is 9.37. The highest BCUT2D eigenvalue weighted by Gasteiger charge is 2.16. The first kappa shape index (κ1) is 22.8.